The van der Waals surface area contributed by atoms with E-state index in [2.05, 4.69) is 30.6 Å². The minimum Gasteiger partial charge on any atom is -0.253 e. The van der Waals surface area contributed by atoms with Crippen molar-refractivity contribution in [3.8, 4) is 0 Å². The highest BCUT2D eigenvalue weighted by Crippen LogP contribution is 2.16. The minimum absolute atomic E-state index is 0.830. The van der Waals surface area contributed by atoms with Crippen molar-refractivity contribution in [2.45, 2.75) is 6.42 Å². The molecule has 0 fully saturated rings. The lowest BCUT2D eigenvalue weighted by Gasteiger charge is -2.04. The zero-order chi connectivity index (χ0) is 9.97. The molecule has 2 rings (SSSR count). The third-order valence-corrected chi connectivity index (χ3v) is 2.26. The van der Waals surface area contributed by atoms with E-state index in [0.29, 0.717) is 0 Å². The van der Waals surface area contributed by atoms with Crippen LogP contribution in [0.1, 0.15) is 11.3 Å². The van der Waals surface area contributed by atoms with E-state index in [-0.39, 0.29) is 0 Å². The molecule has 1 aromatic carbocycles. The molecule has 1 radical (unpaired) electrons. The molecule has 14 heavy (non-hydrogen) atoms. The quantitative estimate of drug-likeness (QED) is 0.650. The number of nitrogens with zero attached hydrogens (tertiary/aromatic N) is 1. The number of fused-ring (bicyclic) bond motifs is 1. The van der Waals surface area contributed by atoms with Crippen LogP contribution >= 0.6 is 0 Å². The van der Waals surface area contributed by atoms with Gasteiger partial charge in [-0.15, -0.1) is 6.58 Å². The molecule has 1 nitrogen and oxygen atoms in total. The Morgan fingerprint density at radius 1 is 1.29 bits per heavy atom. The van der Waals surface area contributed by atoms with E-state index in [1.54, 1.807) is 0 Å². The van der Waals surface area contributed by atoms with Crippen LogP contribution in [0.3, 0.4) is 0 Å². The predicted octanol–water partition coefficient (Wildman–Crippen LogP) is 3.15. The highest BCUT2D eigenvalue weighted by Gasteiger charge is 2.00. The van der Waals surface area contributed by atoms with Crippen molar-refractivity contribution in [2.24, 2.45) is 0 Å². The lowest BCUT2D eigenvalue weighted by atomic mass is 10.1. The fraction of sp³-hybridized carbons (Fsp3) is 0.0769. The molecule has 69 valence electrons. The first-order valence-electron chi connectivity index (χ1n) is 4.63. The third kappa shape index (κ3) is 1.53. The normalized spacial score (nSPS) is 10.4. The molecule has 1 aromatic heterocycles. The van der Waals surface area contributed by atoms with E-state index in [0.717, 1.165) is 28.6 Å². The summed E-state index contributed by atoms with van der Waals surface area (Å²) >= 11 is 0. The Kier molecular flexibility index (Phi) is 2.32. The predicted molar refractivity (Wildman–Crippen MR) is 60.1 cm³/mol. The van der Waals surface area contributed by atoms with Crippen LogP contribution in [0.25, 0.3) is 10.9 Å². The molecule has 0 atom stereocenters. The van der Waals surface area contributed by atoms with Gasteiger partial charge in [-0.1, -0.05) is 24.3 Å². The molecule has 0 saturated heterocycles. The number of benzene rings is 1. The van der Waals surface area contributed by atoms with Crippen molar-refractivity contribution in [1.29, 1.82) is 0 Å². The van der Waals surface area contributed by atoms with Crippen LogP contribution in [0, 0.1) is 6.92 Å². The standard InChI is InChI=1S/C13H12N/c1-3-6-11-9-12-7-4-5-8-13(12)14-10(11)2/h3-5,7-9H,1-2,6H2. The van der Waals surface area contributed by atoms with E-state index in [4.69, 9.17) is 0 Å². The highest BCUT2D eigenvalue weighted by molar-refractivity contribution is 5.79. The Labute approximate surface area is 84.1 Å². The lowest BCUT2D eigenvalue weighted by Crippen LogP contribution is -1.91. The van der Waals surface area contributed by atoms with Gasteiger partial charge in [-0.05, 0) is 31.0 Å². The van der Waals surface area contributed by atoms with Crippen molar-refractivity contribution in [3.63, 3.8) is 0 Å². The van der Waals surface area contributed by atoms with Crippen LogP contribution in [0.5, 0.6) is 0 Å². The number of hydrogen-bond donors (Lipinski definition) is 0. The van der Waals surface area contributed by atoms with Crippen LogP contribution in [-0.2, 0) is 6.42 Å². The van der Waals surface area contributed by atoms with Crippen LogP contribution in [0.2, 0.25) is 0 Å². The molecule has 1 heterocycles. The van der Waals surface area contributed by atoms with Gasteiger partial charge in [0.05, 0.1) is 5.52 Å². The molecule has 0 aliphatic rings. The number of allylic oxidation sites excluding steroid dienone is 1. The van der Waals surface area contributed by atoms with Crippen molar-refractivity contribution < 1.29 is 0 Å². The summed E-state index contributed by atoms with van der Waals surface area (Å²) in [6, 6.07) is 10.2. The van der Waals surface area contributed by atoms with Gasteiger partial charge in [-0.2, -0.15) is 0 Å². The maximum absolute atomic E-state index is 4.44. The van der Waals surface area contributed by atoms with E-state index in [1.807, 2.05) is 24.3 Å². The lowest BCUT2D eigenvalue weighted by molar-refractivity contribution is 1.19. The van der Waals surface area contributed by atoms with E-state index in [1.165, 1.54) is 0 Å². The molecule has 0 bridgehead atoms. The topological polar surface area (TPSA) is 12.9 Å². The minimum atomic E-state index is 0.830. The van der Waals surface area contributed by atoms with Gasteiger partial charge in [0.15, 0.2) is 0 Å². The molecule has 1 heteroatoms. The summed E-state index contributed by atoms with van der Waals surface area (Å²) in [4.78, 5) is 4.44. The summed E-state index contributed by atoms with van der Waals surface area (Å²) in [5.41, 5.74) is 3.01. The average Bonchev–Trinajstić information content (AvgIpc) is 2.19. The smallest absolute Gasteiger partial charge is 0.0705 e. The summed E-state index contributed by atoms with van der Waals surface area (Å²) in [6.07, 6.45) is 2.71. The van der Waals surface area contributed by atoms with E-state index < -0.39 is 0 Å². The Hall–Kier alpha value is -1.63. The van der Waals surface area contributed by atoms with Crippen molar-refractivity contribution in [1.82, 2.24) is 4.98 Å². The fourth-order valence-corrected chi connectivity index (χ4v) is 1.53. The van der Waals surface area contributed by atoms with Crippen molar-refractivity contribution >= 4 is 10.9 Å². The first-order chi connectivity index (χ1) is 6.81. The second-order valence-electron chi connectivity index (χ2n) is 3.28. The summed E-state index contributed by atoms with van der Waals surface area (Å²) in [5.74, 6) is 0. The van der Waals surface area contributed by atoms with Gasteiger partial charge in [-0.3, -0.25) is 4.98 Å². The van der Waals surface area contributed by atoms with Crippen molar-refractivity contribution in [3.05, 3.63) is 61.2 Å². The van der Waals surface area contributed by atoms with E-state index >= 15 is 0 Å². The molecule has 0 aliphatic heterocycles. The summed E-state index contributed by atoms with van der Waals surface area (Å²) in [7, 11) is 0. The molecule has 0 unspecified atom stereocenters. The van der Waals surface area contributed by atoms with Gasteiger partial charge in [0.2, 0.25) is 0 Å². The molecule has 2 aromatic rings. The zero-order valence-corrected chi connectivity index (χ0v) is 8.03. The van der Waals surface area contributed by atoms with Gasteiger partial charge < -0.3 is 0 Å². The largest absolute Gasteiger partial charge is 0.253 e. The third-order valence-electron chi connectivity index (χ3n) is 2.26. The molecular weight excluding hydrogens is 170 g/mol. The van der Waals surface area contributed by atoms with Crippen LogP contribution in [0.4, 0.5) is 0 Å². The number of aromatic nitrogens is 1. The maximum atomic E-state index is 4.44. The Morgan fingerprint density at radius 3 is 2.86 bits per heavy atom. The van der Waals surface area contributed by atoms with Crippen LogP contribution in [0.15, 0.2) is 43.0 Å². The fourth-order valence-electron chi connectivity index (χ4n) is 1.53. The number of pyridine rings is 1. The van der Waals surface area contributed by atoms with Crippen molar-refractivity contribution in [2.75, 3.05) is 0 Å². The number of hydrogen-bond acceptors (Lipinski definition) is 1. The highest BCUT2D eigenvalue weighted by atomic mass is 14.7. The number of rotatable bonds is 2. The summed E-state index contributed by atoms with van der Waals surface area (Å²) < 4.78 is 0. The monoisotopic (exact) mass is 182 g/mol. The molecular formula is C13H12N. The van der Waals surface area contributed by atoms with E-state index in [9.17, 15) is 0 Å². The molecule has 0 aliphatic carbocycles. The second-order valence-corrected chi connectivity index (χ2v) is 3.28. The van der Waals surface area contributed by atoms with Crippen LogP contribution in [-0.4, -0.2) is 4.98 Å². The molecule has 0 amide bonds. The molecule has 0 spiro atoms. The van der Waals surface area contributed by atoms with Gasteiger partial charge in [0.25, 0.3) is 0 Å². The van der Waals surface area contributed by atoms with Gasteiger partial charge >= 0.3 is 0 Å². The molecule has 0 N–H and O–H groups in total. The summed E-state index contributed by atoms with van der Waals surface area (Å²) in [5, 5.41) is 1.16. The average molecular weight is 182 g/mol. The van der Waals surface area contributed by atoms with Gasteiger partial charge in [0.1, 0.15) is 0 Å². The SMILES string of the molecule is [CH2]c1nc2ccccc2cc1CC=C. The van der Waals surface area contributed by atoms with Gasteiger partial charge in [-0.25, -0.2) is 0 Å². The summed E-state index contributed by atoms with van der Waals surface area (Å²) in [6.45, 7) is 7.65. The Bertz CT molecular complexity index is 472. The van der Waals surface area contributed by atoms with Gasteiger partial charge in [0, 0.05) is 11.1 Å². The molecule has 0 saturated carbocycles. The first-order valence-corrected chi connectivity index (χ1v) is 4.63. The second kappa shape index (κ2) is 3.62. The number of para-hydroxylation sites is 1. The Balaban J connectivity index is 2.64. The first kappa shape index (κ1) is 8.95. The Morgan fingerprint density at radius 2 is 2.07 bits per heavy atom. The zero-order valence-electron chi connectivity index (χ0n) is 8.03. The van der Waals surface area contributed by atoms with Crippen LogP contribution < -0.4 is 0 Å². The maximum Gasteiger partial charge on any atom is 0.0705 e.